The summed E-state index contributed by atoms with van der Waals surface area (Å²) in [6, 6.07) is 17.3. The molecule has 28 heavy (non-hydrogen) atoms. The number of para-hydroxylation sites is 3. The minimum absolute atomic E-state index is 0.0235. The number of carbonyl (C=O) groups is 1. The van der Waals surface area contributed by atoms with Crippen LogP contribution in [0.25, 0.3) is 16.7 Å². The number of nitrogens with one attached hydrogen (secondary N) is 1. The summed E-state index contributed by atoms with van der Waals surface area (Å²) >= 11 is 0. The summed E-state index contributed by atoms with van der Waals surface area (Å²) < 4.78 is 3.40. The fourth-order valence-electron chi connectivity index (χ4n) is 3.25. The van der Waals surface area contributed by atoms with Gasteiger partial charge in [-0.2, -0.15) is 5.10 Å². The van der Waals surface area contributed by atoms with E-state index in [1.807, 2.05) is 60.8 Å². The summed E-state index contributed by atoms with van der Waals surface area (Å²) in [6.07, 6.45) is 3.94. The van der Waals surface area contributed by atoms with E-state index in [1.54, 1.807) is 27.4 Å². The SMILES string of the molecule is CN(Cc1cnn(-c2ccccc2)c1)C(=O)CCn1c(=O)[nH]c2ccccc21. The zero-order chi connectivity index (χ0) is 19.5. The Hall–Kier alpha value is -3.61. The van der Waals surface area contributed by atoms with Crippen LogP contribution < -0.4 is 5.69 Å². The normalized spacial score (nSPS) is 11.0. The van der Waals surface area contributed by atoms with Crippen molar-refractivity contribution in [2.75, 3.05) is 7.05 Å². The third kappa shape index (κ3) is 3.59. The Bertz CT molecular complexity index is 1160. The molecule has 2 heterocycles. The molecule has 1 amide bonds. The van der Waals surface area contributed by atoms with E-state index in [0.29, 0.717) is 13.1 Å². The molecule has 0 saturated heterocycles. The van der Waals surface area contributed by atoms with Crippen LogP contribution >= 0.6 is 0 Å². The molecule has 4 aromatic rings. The molecule has 4 rings (SSSR count). The number of aromatic amines is 1. The van der Waals surface area contributed by atoms with E-state index in [0.717, 1.165) is 22.3 Å². The first-order chi connectivity index (χ1) is 13.6. The molecule has 1 N–H and O–H groups in total. The lowest BCUT2D eigenvalue weighted by Gasteiger charge is -2.16. The topological polar surface area (TPSA) is 75.9 Å². The Morgan fingerprint density at radius 2 is 1.86 bits per heavy atom. The molecule has 7 nitrogen and oxygen atoms in total. The zero-order valence-electron chi connectivity index (χ0n) is 15.6. The van der Waals surface area contributed by atoms with E-state index in [4.69, 9.17) is 0 Å². The molecule has 0 atom stereocenters. The number of H-pyrrole nitrogens is 1. The van der Waals surface area contributed by atoms with Gasteiger partial charge in [-0.3, -0.25) is 9.36 Å². The van der Waals surface area contributed by atoms with Crippen LogP contribution in [0.15, 0.2) is 71.8 Å². The highest BCUT2D eigenvalue weighted by atomic mass is 16.2. The number of nitrogens with zero attached hydrogens (tertiary/aromatic N) is 4. The summed E-state index contributed by atoms with van der Waals surface area (Å²) in [5, 5.41) is 4.36. The van der Waals surface area contributed by atoms with Crippen molar-refractivity contribution in [3.8, 4) is 5.69 Å². The van der Waals surface area contributed by atoms with Crippen molar-refractivity contribution >= 4 is 16.9 Å². The molecule has 0 bridgehead atoms. The quantitative estimate of drug-likeness (QED) is 0.563. The van der Waals surface area contributed by atoms with Gasteiger partial charge in [-0.1, -0.05) is 30.3 Å². The first-order valence-corrected chi connectivity index (χ1v) is 9.12. The number of rotatable bonds is 6. The van der Waals surface area contributed by atoms with Gasteiger partial charge in [0.2, 0.25) is 5.91 Å². The van der Waals surface area contributed by atoms with Crippen LogP contribution in [0.4, 0.5) is 0 Å². The van der Waals surface area contributed by atoms with Gasteiger partial charge in [0.15, 0.2) is 0 Å². The molecule has 0 radical (unpaired) electrons. The molecular formula is C21H21N5O2. The maximum Gasteiger partial charge on any atom is 0.326 e. The molecule has 2 aromatic carbocycles. The van der Waals surface area contributed by atoms with Gasteiger partial charge in [0.25, 0.3) is 0 Å². The second-order valence-corrected chi connectivity index (χ2v) is 6.73. The molecule has 2 aromatic heterocycles. The van der Waals surface area contributed by atoms with E-state index in [9.17, 15) is 9.59 Å². The lowest BCUT2D eigenvalue weighted by Crippen LogP contribution is -2.28. The first-order valence-electron chi connectivity index (χ1n) is 9.12. The van der Waals surface area contributed by atoms with E-state index < -0.39 is 0 Å². The van der Waals surface area contributed by atoms with Crippen molar-refractivity contribution < 1.29 is 4.79 Å². The molecule has 0 aliphatic rings. The zero-order valence-corrected chi connectivity index (χ0v) is 15.6. The van der Waals surface area contributed by atoms with Crippen molar-refractivity contribution in [1.29, 1.82) is 0 Å². The van der Waals surface area contributed by atoms with Crippen LogP contribution in [0.2, 0.25) is 0 Å². The lowest BCUT2D eigenvalue weighted by molar-refractivity contribution is -0.130. The van der Waals surface area contributed by atoms with Gasteiger partial charge in [-0.25, -0.2) is 9.48 Å². The third-order valence-electron chi connectivity index (χ3n) is 4.73. The molecular weight excluding hydrogens is 354 g/mol. The van der Waals surface area contributed by atoms with Gasteiger partial charge in [-0.15, -0.1) is 0 Å². The van der Waals surface area contributed by atoms with Crippen LogP contribution in [-0.2, 0) is 17.9 Å². The van der Waals surface area contributed by atoms with Crippen LogP contribution in [0.3, 0.4) is 0 Å². The number of aryl methyl sites for hydroxylation is 1. The minimum Gasteiger partial charge on any atom is -0.341 e. The van der Waals surface area contributed by atoms with Gasteiger partial charge in [-0.05, 0) is 24.3 Å². The predicted molar refractivity (Wildman–Crippen MR) is 107 cm³/mol. The summed E-state index contributed by atoms with van der Waals surface area (Å²) in [5.41, 5.74) is 3.32. The van der Waals surface area contributed by atoms with Crippen molar-refractivity contribution in [3.63, 3.8) is 0 Å². The van der Waals surface area contributed by atoms with Crippen molar-refractivity contribution in [2.45, 2.75) is 19.5 Å². The number of aromatic nitrogens is 4. The number of imidazole rings is 1. The second kappa shape index (κ2) is 7.56. The van der Waals surface area contributed by atoms with E-state index in [2.05, 4.69) is 10.1 Å². The molecule has 0 aliphatic carbocycles. The Morgan fingerprint density at radius 3 is 2.68 bits per heavy atom. The Kier molecular flexibility index (Phi) is 4.80. The highest BCUT2D eigenvalue weighted by molar-refractivity contribution is 5.77. The van der Waals surface area contributed by atoms with Crippen LogP contribution in [0.1, 0.15) is 12.0 Å². The van der Waals surface area contributed by atoms with Gasteiger partial charge in [0.05, 0.1) is 22.9 Å². The average molecular weight is 375 g/mol. The smallest absolute Gasteiger partial charge is 0.326 e. The second-order valence-electron chi connectivity index (χ2n) is 6.73. The Balaban J connectivity index is 1.39. The summed E-state index contributed by atoms with van der Waals surface area (Å²) in [7, 11) is 1.76. The van der Waals surface area contributed by atoms with Crippen LogP contribution in [0.5, 0.6) is 0 Å². The van der Waals surface area contributed by atoms with E-state index in [1.165, 1.54) is 0 Å². The molecule has 142 valence electrons. The van der Waals surface area contributed by atoms with Gasteiger partial charge in [0.1, 0.15) is 0 Å². The Morgan fingerprint density at radius 1 is 1.11 bits per heavy atom. The van der Waals surface area contributed by atoms with Gasteiger partial charge >= 0.3 is 5.69 Å². The highest BCUT2D eigenvalue weighted by Gasteiger charge is 2.13. The van der Waals surface area contributed by atoms with Gasteiger partial charge < -0.3 is 9.88 Å². The largest absolute Gasteiger partial charge is 0.341 e. The number of carbonyl (C=O) groups excluding carboxylic acids is 1. The molecule has 0 aliphatic heterocycles. The molecule has 0 saturated carbocycles. The lowest BCUT2D eigenvalue weighted by atomic mass is 10.3. The fourth-order valence-corrected chi connectivity index (χ4v) is 3.25. The summed E-state index contributed by atoms with van der Waals surface area (Å²) in [4.78, 5) is 29.1. The van der Waals surface area contributed by atoms with E-state index in [-0.39, 0.29) is 18.0 Å². The number of fused-ring (bicyclic) bond motifs is 1. The number of hydrogen-bond acceptors (Lipinski definition) is 3. The van der Waals surface area contributed by atoms with E-state index >= 15 is 0 Å². The predicted octanol–water partition coefficient (Wildman–Crippen LogP) is 2.56. The number of amides is 1. The Labute approximate surface area is 161 Å². The number of hydrogen-bond donors (Lipinski definition) is 1. The van der Waals surface area contributed by atoms with Crippen LogP contribution in [0, 0.1) is 0 Å². The first kappa shape index (κ1) is 17.8. The maximum absolute atomic E-state index is 12.5. The highest BCUT2D eigenvalue weighted by Crippen LogP contribution is 2.12. The fraction of sp³-hybridized carbons (Fsp3) is 0.190. The van der Waals surface area contributed by atoms with Crippen LogP contribution in [-0.4, -0.2) is 37.2 Å². The van der Waals surface area contributed by atoms with Crippen molar-refractivity contribution in [1.82, 2.24) is 24.2 Å². The molecule has 0 spiro atoms. The molecule has 0 fully saturated rings. The maximum atomic E-state index is 12.5. The van der Waals surface area contributed by atoms with Crippen molar-refractivity contribution in [3.05, 3.63) is 83.0 Å². The summed E-state index contributed by atoms with van der Waals surface area (Å²) in [5.74, 6) is -0.0235. The summed E-state index contributed by atoms with van der Waals surface area (Å²) in [6.45, 7) is 0.809. The number of benzene rings is 2. The molecule has 7 heteroatoms. The average Bonchev–Trinajstić information content (AvgIpc) is 3.30. The molecule has 0 unspecified atom stereocenters. The van der Waals surface area contributed by atoms with Crippen molar-refractivity contribution in [2.24, 2.45) is 0 Å². The standard InChI is InChI=1S/C21H21N5O2/c1-24(14-16-13-22-26(15-16)17-7-3-2-4-8-17)20(27)11-12-25-19-10-6-5-9-18(19)23-21(25)28/h2-10,13,15H,11-12,14H2,1H3,(H,23,28). The third-order valence-corrected chi connectivity index (χ3v) is 4.73. The minimum atomic E-state index is -0.194. The van der Waals surface area contributed by atoms with Gasteiger partial charge in [0, 0.05) is 38.3 Å². The monoisotopic (exact) mass is 375 g/mol.